The smallest absolute Gasteiger partial charge is 0.337 e. The predicted molar refractivity (Wildman–Crippen MR) is 82.7 cm³/mol. The first kappa shape index (κ1) is 14.1. The number of carboxylic acids is 1. The third-order valence-corrected chi connectivity index (χ3v) is 4.25. The summed E-state index contributed by atoms with van der Waals surface area (Å²) in [4.78, 5) is 16.0. The zero-order valence-electron chi connectivity index (χ0n) is 12.7. The minimum absolute atomic E-state index is 0.292. The molecule has 1 aromatic heterocycles. The first-order valence-corrected chi connectivity index (χ1v) is 7.80. The summed E-state index contributed by atoms with van der Waals surface area (Å²) < 4.78 is 2.22. The number of fused-ring (bicyclic) bond motifs is 1. The highest BCUT2D eigenvalue weighted by Gasteiger charge is 2.22. The quantitative estimate of drug-likeness (QED) is 0.871. The molecule has 4 heteroatoms. The van der Waals surface area contributed by atoms with Crippen molar-refractivity contribution in [1.82, 2.24) is 9.55 Å². The number of aromatic carboxylic acids is 1. The third kappa shape index (κ3) is 2.80. The average Bonchev–Trinajstić information content (AvgIpc) is 3.18. The monoisotopic (exact) mass is 286 g/mol. The van der Waals surface area contributed by atoms with E-state index in [0.717, 1.165) is 30.2 Å². The number of nitrogens with zero attached hydrogens (tertiary/aromatic N) is 2. The van der Waals surface area contributed by atoms with Crippen molar-refractivity contribution < 1.29 is 9.90 Å². The van der Waals surface area contributed by atoms with E-state index in [1.165, 1.54) is 19.3 Å². The number of imidazole rings is 1. The van der Waals surface area contributed by atoms with E-state index in [1.54, 1.807) is 6.07 Å². The molecular formula is C17H22N2O2. The first-order chi connectivity index (χ1) is 10.1. The summed E-state index contributed by atoms with van der Waals surface area (Å²) in [5.41, 5.74) is 1.88. The molecule has 3 rings (SSSR count). The van der Waals surface area contributed by atoms with E-state index >= 15 is 0 Å². The van der Waals surface area contributed by atoms with Gasteiger partial charge in [0.05, 0.1) is 11.1 Å². The fraction of sp³-hybridized carbons (Fsp3) is 0.529. The Morgan fingerprint density at radius 3 is 2.81 bits per heavy atom. The van der Waals surface area contributed by atoms with Crippen LogP contribution in [0.5, 0.6) is 0 Å². The Morgan fingerprint density at radius 1 is 1.43 bits per heavy atom. The number of carboxylic acid groups (broad SMARTS) is 1. The number of aromatic nitrogens is 2. The van der Waals surface area contributed by atoms with Crippen molar-refractivity contribution in [1.29, 1.82) is 0 Å². The van der Waals surface area contributed by atoms with Crippen LogP contribution in [-0.4, -0.2) is 20.6 Å². The van der Waals surface area contributed by atoms with Crippen LogP contribution >= 0.6 is 0 Å². The SMILES string of the molecule is CC(C)c1nc2c(C(=O)O)cccc2n1CCCC1CC1. The Morgan fingerprint density at radius 2 is 2.19 bits per heavy atom. The summed E-state index contributed by atoms with van der Waals surface area (Å²) in [7, 11) is 0. The molecule has 0 radical (unpaired) electrons. The van der Waals surface area contributed by atoms with Gasteiger partial charge in [0.25, 0.3) is 0 Å². The summed E-state index contributed by atoms with van der Waals surface area (Å²) in [5.74, 6) is 1.31. The van der Waals surface area contributed by atoms with Gasteiger partial charge in [-0.2, -0.15) is 0 Å². The summed E-state index contributed by atoms with van der Waals surface area (Å²) in [5, 5.41) is 9.33. The van der Waals surface area contributed by atoms with Crippen molar-refractivity contribution in [2.45, 2.75) is 52.0 Å². The largest absolute Gasteiger partial charge is 0.478 e. The second kappa shape index (κ2) is 5.51. The van der Waals surface area contributed by atoms with E-state index in [2.05, 4.69) is 23.4 Å². The Labute approximate surface area is 124 Å². The van der Waals surface area contributed by atoms with E-state index in [-0.39, 0.29) is 0 Å². The molecule has 0 aliphatic heterocycles. The number of benzene rings is 1. The molecule has 1 saturated carbocycles. The highest BCUT2D eigenvalue weighted by molar-refractivity contribution is 6.01. The summed E-state index contributed by atoms with van der Waals surface area (Å²) >= 11 is 0. The van der Waals surface area contributed by atoms with Crippen LogP contribution in [0.2, 0.25) is 0 Å². The Kier molecular flexibility index (Phi) is 3.70. The normalized spacial score (nSPS) is 15.0. The third-order valence-electron chi connectivity index (χ3n) is 4.25. The maximum Gasteiger partial charge on any atom is 0.337 e. The van der Waals surface area contributed by atoms with Crippen LogP contribution in [0, 0.1) is 5.92 Å². The van der Waals surface area contributed by atoms with Gasteiger partial charge in [0.15, 0.2) is 0 Å². The topological polar surface area (TPSA) is 55.1 Å². The molecule has 1 heterocycles. The highest BCUT2D eigenvalue weighted by atomic mass is 16.4. The number of aryl methyl sites for hydroxylation is 1. The van der Waals surface area contributed by atoms with Crippen LogP contribution < -0.4 is 0 Å². The fourth-order valence-electron chi connectivity index (χ4n) is 2.96. The Hall–Kier alpha value is -1.84. The first-order valence-electron chi connectivity index (χ1n) is 7.80. The lowest BCUT2D eigenvalue weighted by Crippen LogP contribution is -2.06. The van der Waals surface area contributed by atoms with Gasteiger partial charge in [-0.3, -0.25) is 0 Å². The lowest BCUT2D eigenvalue weighted by Gasteiger charge is -2.11. The minimum atomic E-state index is -0.904. The standard InChI is InChI=1S/C17H22N2O2/c1-11(2)16-18-15-13(17(20)21)6-3-7-14(15)19(16)10-4-5-12-8-9-12/h3,6-7,11-12H,4-5,8-10H2,1-2H3,(H,20,21). The molecule has 4 nitrogen and oxygen atoms in total. The van der Waals surface area contributed by atoms with Crippen molar-refractivity contribution >= 4 is 17.0 Å². The molecule has 112 valence electrons. The second-order valence-electron chi connectivity index (χ2n) is 6.34. The van der Waals surface area contributed by atoms with Crippen LogP contribution in [-0.2, 0) is 6.54 Å². The molecule has 0 spiro atoms. The molecule has 1 N–H and O–H groups in total. The molecule has 0 saturated heterocycles. The van der Waals surface area contributed by atoms with Gasteiger partial charge in [0.1, 0.15) is 11.3 Å². The highest BCUT2D eigenvalue weighted by Crippen LogP contribution is 2.34. The number of carbonyl (C=O) groups is 1. The van der Waals surface area contributed by atoms with E-state index in [1.807, 2.05) is 12.1 Å². The van der Waals surface area contributed by atoms with Gasteiger partial charge in [-0.25, -0.2) is 9.78 Å². The van der Waals surface area contributed by atoms with Gasteiger partial charge in [-0.1, -0.05) is 32.8 Å². The number of para-hydroxylation sites is 1. The zero-order chi connectivity index (χ0) is 15.0. The number of rotatable bonds is 6. The molecule has 1 aromatic carbocycles. The summed E-state index contributed by atoms with van der Waals surface area (Å²) in [6.07, 6.45) is 5.18. The van der Waals surface area contributed by atoms with Crippen LogP contribution in [0.15, 0.2) is 18.2 Å². The molecule has 1 aliphatic rings. The van der Waals surface area contributed by atoms with E-state index in [4.69, 9.17) is 0 Å². The molecule has 0 amide bonds. The van der Waals surface area contributed by atoms with Gasteiger partial charge in [-0.05, 0) is 30.9 Å². The molecule has 21 heavy (non-hydrogen) atoms. The van der Waals surface area contributed by atoms with Crippen molar-refractivity contribution in [3.8, 4) is 0 Å². The molecule has 2 aromatic rings. The number of hydrogen-bond donors (Lipinski definition) is 1. The van der Waals surface area contributed by atoms with Gasteiger partial charge >= 0.3 is 5.97 Å². The lowest BCUT2D eigenvalue weighted by molar-refractivity contribution is 0.0699. The van der Waals surface area contributed by atoms with Crippen molar-refractivity contribution in [2.24, 2.45) is 5.92 Å². The average molecular weight is 286 g/mol. The van der Waals surface area contributed by atoms with Gasteiger partial charge in [0.2, 0.25) is 0 Å². The maximum atomic E-state index is 11.4. The van der Waals surface area contributed by atoms with Gasteiger partial charge in [-0.15, -0.1) is 0 Å². The maximum absolute atomic E-state index is 11.4. The Bertz CT molecular complexity index is 669. The molecule has 0 atom stereocenters. The van der Waals surface area contributed by atoms with Crippen LogP contribution in [0.3, 0.4) is 0 Å². The predicted octanol–water partition coefficient (Wildman–Crippen LogP) is 4.05. The van der Waals surface area contributed by atoms with E-state index < -0.39 is 5.97 Å². The van der Waals surface area contributed by atoms with Gasteiger partial charge in [0, 0.05) is 12.5 Å². The minimum Gasteiger partial charge on any atom is -0.478 e. The van der Waals surface area contributed by atoms with E-state index in [0.29, 0.717) is 17.0 Å². The summed E-state index contributed by atoms with van der Waals surface area (Å²) in [6.45, 7) is 5.15. The molecule has 1 aliphatic carbocycles. The molecule has 0 unspecified atom stereocenters. The molecular weight excluding hydrogens is 264 g/mol. The molecule has 1 fully saturated rings. The number of hydrogen-bond acceptors (Lipinski definition) is 2. The van der Waals surface area contributed by atoms with Gasteiger partial charge < -0.3 is 9.67 Å². The van der Waals surface area contributed by atoms with Crippen LogP contribution in [0.4, 0.5) is 0 Å². The fourth-order valence-corrected chi connectivity index (χ4v) is 2.96. The Balaban J connectivity index is 1.99. The second-order valence-corrected chi connectivity index (χ2v) is 6.34. The van der Waals surface area contributed by atoms with E-state index in [9.17, 15) is 9.90 Å². The van der Waals surface area contributed by atoms with Crippen molar-refractivity contribution in [3.63, 3.8) is 0 Å². The van der Waals surface area contributed by atoms with Crippen LogP contribution in [0.1, 0.15) is 61.6 Å². The van der Waals surface area contributed by atoms with Crippen molar-refractivity contribution in [2.75, 3.05) is 0 Å². The lowest BCUT2D eigenvalue weighted by atomic mass is 10.1. The molecule has 0 bridgehead atoms. The zero-order valence-corrected chi connectivity index (χ0v) is 12.7. The van der Waals surface area contributed by atoms with Crippen molar-refractivity contribution in [3.05, 3.63) is 29.6 Å². The van der Waals surface area contributed by atoms with Crippen LogP contribution in [0.25, 0.3) is 11.0 Å². The summed E-state index contributed by atoms with van der Waals surface area (Å²) in [6, 6.07) is 5.43.